The Labute approximate surface area is 91.9 Å². The number of aliphatic carboxylic acids is 1. The molecule has 0 saturated carbocycles. The Balaban J connectivity index is 3.30. The summed E-state index contributed by atoms with van der Waals surface area (Å²) < 4.78 is 12.8. The minimum atomic E-state index is -1.31. The number of hydrogen-bond donors (Lipinski definition) is 2. The van der Waals surface area contributed by atoms with E-state index in [9.17, 15) is 9.18 Å². The number of carbonyl (C=O) groups is 1. The smallest absolute Gasteiger partial charge is 0.328 e. The number of carboxylic acid groups (broad SMARTS) is 1. The molecular weight excluding hydrogens is 221 g/mol. The van der Waals surface area contributed by atoms with Gasteiger partial charge in [-0.1, -0.05) is 17.7 Å². The van der Waals surface area contributed by atoms with E-state index in [0.717, 1.165) is 6.07 Å². The molecule has 1 aromatic rings. The predicted molar refractivity (Wildman–Crippen MR) is 55.5 cm³/mol. The van der Waals surface area contributed by atoms with Gasteiger partial charge < -0.3 is 10.4 Å². The number of likely N-dealkylation sites (N-methyl/N-ethyl adjacent to an activating group) is 1. The van der Waals surface area contributed by atoms with Crippen LogP contribution in [0.15, 0.2) is 18.2 Å². The first-order valence-corrected chi connectivity index (χ1v) is 4.67. The van der Waals surface area contributed by atoms with Crippen LogP contribution in [-0.2, 0) is 10.3 Å². The fourth-order valence-electron chi connectivity index (χ4n) is 1.25. The van der Waals surface area contributed by atoms with E-state index >= 15 is 0 Å². The Hall–Kier alpha value is -1.13. The summed E-state index contributed by atoms with van der Waals surface area (Å²) in [5.41, 5.74) is -0.981. The first-order chi connectivity index (χ1) is 6.91. The highest BCUT2D eigenvalue weighted by Gasteiger charge is 2.35. The number of rotatable bonds is 3. The summed E-state index contributed by atoms with van der Waals surface area (Å²) in [7, 11) is 1.51. The number of benzene rings is 1. The molecule has 0 radical (unpaired) electrons. The third-order valence-corrected chi connectivity index (χ3v) is 2.71. The Morgan fingerprint density at radius 2 is 2.20 bits per heavy atom. The van der Waals surface area contributed by atoms with Crippen molar-refractivity contribution < 1.29 is 14.3 Å². The van der Waals surface area contributed by atoms with Gasteiger partial charge in [-0.25, -0.2) is 9.18 Å². The van der Waals surface area contributed by atoms with E-state index in [1.807, 2.05) is 0 Å². The van der Waals surface area contributed by atoms with E-state index < -0.39 is 17.3 Å². The number of halogens is 2. The molecule has 0 bridgehead atoms. The molecule has 1 unspecified atom stereocenters. The first-order valence-electron chi connectivity index (χ1n) is 4.29. The van der Waals surface area contributed by atoms with Crippen molar-refractivity contribution in [2.24, 2.45) is 0 Å². The summed E-state index contributed by atoms with van der Waals surface area (Å²) in [5, 5.41) is 11.8. The van der Waals surface area contributed by atoms with Gasteiger partial charge in [0, 0.05) is 10.6 Å². The minimum absolute atomic E-state index is 0.0919. The lowest BCUT2D eigenvalue weighted by Crippen LogP contribution is -2.44. The number of hydrogen-bond acceptors (Lipinski definition) is 2. The molecule has 0 saturated heterocycles. The van der Waals surface area contributed by atoms with Gasteiger partial charge in [-0.3, -0.25) is 0 Å². The third-order valence-electron chi connectivity index (χ3n) is 2.40. The Bertz CT molecular complexity index is 397. The molecule has 1 atom stereocenters. The standard InChI is InChI=1S/C10H11ClFNO2/c1-10(13-2,9(14)15)7-4-3-6(12)5-8(7)11/h3-5,13H,1-2H3,(H,14,15). The topological polar surface area (TPSA) is 49.3 Å². The van der Waals surface area contributed by atoms with E-state index in [1.165, 1.54) is 26.1 Å². The average Bonchev–Trinajstić information content (AvgIpc) is 2.16. The predicted octanol–water partition coefficient (Wildman–Crippen LogP) is 2.00. The summed E-state index contributed by atoms with van der Waals surface area (Å²) in [5.74, 6) is -1.56. The first kappa shape index (κ1) is 11.9. The van der Waals surface area contributed by atoms with Gasteiger partial charge in [0.2, 0.25) is 0 Å². The van der Waals surface area contributed by atoms with E-state index in [4.69, 9.17) is 16.7 Å². The molecule has 82 valence electrons. The second-order valence-electron chi connectivity index (χ2n) is 3.30. The van der Waals surface area contributed by atoms with Crippen molar-refractivity contribution in [3.63, 3.8) is 0 Å². The second kappa shape index (κ2) is 4.16. The van der Waals surface area contributed by atoms with E-state index in [-0.39, 0.29) is 5.02 Å². The van der Waals surface area contributed by atoms with Crippen molar-refractivity contribution in [1.82, 2.24) is 5.32 Å². The largest absolute Gasteiger partial charge is 0.480 e. The lowest BCUT2D eigenvalue weighted by atomic mass is 9.92. The van der Waals surface area contributed by atoms with Crippen molar-refractivity contribution >= 4 is 17.6 Å². The summed E-state index contributed by atoms with van der Waals surface area (Å²) >= 11 is 5.79. The van der Waals surface area contributed by atoms with E-state index in [0.29, 0.717) is 5.56 Å². The van der Waals surface area contributed by atoms with E-state index in [1.54, 1.807) is 0 Å². The zero-order chi connectivity index (χ0) is 11.6. The fourth-order valence-corrected chi connectivity index (χ4v) is 1.61. The van der Waals surface area contributed by atoms with Crippen molar-refractivity contribution in [3.8, 4) is 0 Å². The van der Waals surface area contributed by atoms with Crippen LogP contribution in [0.3, 0.4) is 0 Å². The monoisotopic (exact) mass is 231 g/mol. The van der Waals surface area contributed by atoms with Crippen LogP contribution in [0.5, 0.6) is 0 Å². The van der Waals surface area contributed by atoms with Gasteiger partial charge in [0.1, 0.15) is 11.4 Å². The van der Waals surface area contributed by atoms with Crippen molar-refractivity contribution in [1.29, 1.82) is 0 Å². The molecule has 2 N–H and O–H groups in total. The van der Waals surface area contributed by atoms with Crippen molar-refractivity contribution in [3.05, 3.63) is 34.6 Å². The zero-order valence-corrected chi connectivity index (χ0v) is 9.10. The van der Waals surface area contributed by atoms with Crippen molar-refractivity contribution in [2.45, 2.75) is 12.5 Å². The molecular formula is C10H11ClFNO2. The highest BCUT2D eigenvalue weighted by atomic mass is 35.5. The molecule has 0 spiro atoms. The second-order valence-corrected chi connectivity index (χ2v) is 3.71. The molecule has 0 aliphatic heterocycles. The molecule has 15 heavy (non-hydrogen) atoms. The Kier molecular flexibility index (Phi) is 3.31. The molecule has 0 aromatic heterocycles. The van der Waals surface area contributed by atoms with Gasteiger partial charge >= 0.3 is 5.97 Å². The van der Waals surface area contributed by atoms with Gasteiger partial charge in [-0.2, -0.15) is 0 Å². The van der Waals surface area contributed by atoms with Crippen LogP contribution in [0.2, 0.25) is 5.02 Å². The third kappa shape index (κ3) is 2.11. The molecule has 5 heteroatoms. The average molecular weight is 232 g/mol. The summed E-state index contributed by atoms with van der Waals surface area (Å²) in [6.07, 6.45) is 0. The SMILES string of the molecule is CNC(C)(C(=O)O)c1ccc(F)cc1Cl. The van der Waals surface area contributed by atoms with Crippen LogP contribution in [0.25, 0.3) is 0 Å². The highest BCUT2D eigenvalue weighted by molar-refractivity contribution is 6.31. The molecule has 0 aliphatic rings. The lowest BCUT2D eigenvalue weighted by molar-refractivity contribution is -0.144. The van der Waals surface area contributed by atoms with Gasteiger partial charge in [0.15, 0.2) is 0 Å². The van der Waals surface area contributed by atoms with Crippen LogP contribution >= 0.6 is 11.6 Å². The maximum atomic E-state index is 12.8. The van der Waals surface area contributed by atoms with Gasteiger partial charge in [-0.05, 0) is 26.1 Å². The maximum Gasteiger partial charge on any atom is 0.328 e. The fraction of sp³-hybridized carbons (Fsp3) is 0.300. The summed E-state index contributed by atoms with van der Waals surface area (Å²) in [4.78, 5) is 11.1. The number of carboxylic acids is 1. The summed E-state index contributed by atoms with van der Waals surface area (Å²) in [6.45, 7) is 1.47. The molecule has 3 nitrogen and oxygen atoms in total. The lowest BCUT2D eigenvalue weighted by Gasteiger charge is -2.25. The molecule has 0 heterocycles. The van der Waals surface area contributed by atoms with Crippen LogP contribution in [0, 0.1) is 5.82 Å². The van der Waals surface area contributed by atoms with Gasteiger partial charge in [0.05, 0.1) is 0 Å². The van der Waals surface area contributed by atoms with Gasteiger partial charge in [-0.15, -0.1) is 0 Å². The molecule has 0 aliphatic carbocycles. The maximum absolute atomic E-state index is 12.8. The summed E-state index contributed by atoms with van der Waals surface area (Å²) in [6, 6.07) is 3.64. The molecule has 1 rings (SSSR count). The number of nitrogens with one attached hydrogen (secondary N) is 1. The highest BCUT2D eigenvalue weighted by Crippen LogP contribution is 2.28. The van der Waals surface area contributed by atoms with Gasteiger partial charge in [0.25, 0.3) is 0 Å². The zero-order valence-electron chi connectivity index (χ0n) is 8.34. The molecule has 1 aromatic carbocycles. The normalized spacial score (nSPS) is 14.7. The minimum Gasteiger partial charge on any atom is -0.480 e. The molecule has 0 amide bonds. The van der Waals surface area contributed by atoms with Crippen LogP contribution < -0.4 is 5.32 Å². The van der Waals surface area contributed by atoms with Crippen LogP contribution in [0.4, 0.5) is 4.39 Å². The Morgan fingerprint density at radius 3 is 2.60 bits per heavy atom. The van der Waals surface area contributed by atoms with E-state index in [2.05, 4.69) is 5.32 Å². The quantitative estimate of drug-likeness (QED) is 0.837. The Morgan fingerprint density at radius 1 is 1.60 bits per heavy atom. The van der Waals surface area contributed by atoms with Crippen LogP contribution in [-0.4, -0.2) is 18.1 Å². The van der Waals surface area contributed by atoms with Crippen molar-refractivity contribution in [2.75, 3.05) is 7.05 Å². The van der Waals surface area contributed by atoms with Crippen LogP contribution in [0.1, 0.15) is 12.5 Å². The molecule has 0 fully saturated rings.